The molecule has 1 aliphatic carbocycles. The van der Waals surface area contributed by atoms with Crippen molar-refractivity contribution in [2.45, 2.75) is 39.5 Å². The first-order chi connectivity index (χ1) is 14.8. The molecule has 0 spiro atoms. The molecule has 1 unspecified atom stereocenters. The Kier molecular flexibility index (Phi) is 6.94. The van der Waals surface area contributed by atoms with Crippen LogP contribution in [0.4, 0.5) is 0 Å². The molecule has 0 amide bonds. The van der Waals surface area contributed by atoms with E-state index in [9.17, 15) is 9.59 Å². The number of hydrogen-bond acceptors (Lipinski definition) is 7. The van der Waals surface area contributed by atoms with Gasteiger partial charge in [-0.25, -0.2) is 4.79 Å². The Morgan fingerprint density at radius 3 is 2.61 bits per heavy atom. The molecule has 0 saturated carbocycles. The number of hydrogen-bond donors (Lipinski definition) is 2. The average Bonchev–Trinajstić information content (AvgIpc) is 2.72. The van der Waals surface area contributed by atoms with E-state index in [-0.39, 0.29) is 24.4 Å². The number of Topliss-reactive ketones (excluding diaryl/α,β-unsaturated/α-hetero) is 1. The SMILES string of the molecule is CCOC(=O)C1=C(COCCN)NC2=C(C(=O)CC(C)(C)C2)C1c1ccc(C#N)cc1. The maximum Gasteiger partial charge on any atom is 0.336 e. The van der Waals surface area contributed by atoms with Gasteiger partial charge in [0.1, 0.15) is 0 Å². The van der Waals surface area contributed by atoms with Crippen molar-refractivity contribution in [3.63, 3.8) is 0 Å². The first-order valence-electron chi connectivity index (χ1n) is 10.5. The quantitative estimate of drug-likeness (QED) is 0.512. The van der Waals surface area contributed by atoms with E-state index < -0.39 is 11.9 Å². The second-order valence-corrected chi connectivity index (χ2v) is 8.58. The smallest absolute Gasteiger partial charge is 0.336 e. The Morgan fingerprint density at radius 2 is 2.00 bits per heavy atom. The Bertz CT molecular complexity index is 968. The number of nitrogens with two attached hydrogens (primary N) is 1. The molecule has 0 aromatic heterocycles. The number of ketones is 1. The molecule has 7 heteroatoms. The van der Waals surface area contributed by atoms with Gasteiger partial charge in [-0.3, -0.25) is 4.79 Å². The predicted octanol–water partition coefficient (Wildman–Crippen LogP) is 2.68. The minimum Gasteiger partial charge on any atom is -0.463 e. The van der Waals surface area contributed by atoms with E-state index in [1.165, 1.54) is 0 Å². The molecule has 1 aliphatic heterocycles. The highest BCUT2D eigenvalue weighted by atomic mass is 16.5. The zero-order valence-corrected chi connectivity index (χ0v) is 18.3. The van der Waals surface area contributed by atoms with Gasteiger partial charge >= 0.3 is 5.97 Å². The normalized spacial score (nSPS) is 20.1. The molecule has 0 radical (unpaired) electrons. The lowest BCUT2D eigenvalue weighted by Crippen LogP contribution is -2.40. The summed E-state index contributed by atoms with van der Waals surface area (Å²) >= 11 is 0. The second-order valence-electron chi connectivity index (χ2n) is 8.58. The summed E-state index contributed by atoms with van der Waals surface area (Å²) in [7, 11) is 0. The van der Waals surface area contributed by atoms with E-state index in [0.29, 0.717) is 48.4 Å². The third-order valence-electron chi connectivity index (χ3n) is 5.50. The summed E-state index contributed by atoms with van der Waals surface area (Å²) in [6, 6.07) is 9.09. The Hall–Kier alpha value is -2.95. The number of dihydropyridines is 1. The van der Waals surface area contributed by atoms with E-state index in [1.807, 2.05) is 0 Å². The van der Waals surface area contributed by atoms with Crippen LogP contribution >= 0.6 is 0 Å². The van der Waals surface area contributed by atoms with Crippen LogP contribution in [0.15, 0.2) is 46.8 Å². The number of nitriles is 1. The predicted molar refractivity (Wildman–Crippen MR) is 116 cm³/mol. The molecule has 7 nitrogen and oxygen atoms in total. The highest BCUT2D eigenvalue weighted by Gasteiger charge is 2.43. The maximum atomic E-state index is 13.3. The van der Waals surface area contributed by atoms with Crippen molar-refractivity contribution < 1.29 is 19.1 Å². The third kappa shape index (κ3) is 4.87. The van der Waals surface area contributed by atoms with Crippen molar-refractivity contribution in [3.05, 3.63) is 57.9 Å². The molecule has 3 N–H and O–H groups in total. The van der Waals surface area contributed by atoms with Gasteiger partial charge < -0.3 is 20.5 Å². The van der Waals surface area contributed by atoms with Gasteiger partial charge in [0, 0.05) is 30.2 Å². The lowest BCUT2D eigenvalue weighted by atomic mass is 9.68. The molecule has 0 fully saturated rings. The van der Waals surface area contributed by atoms with Crippen LogP contribution in [0.25, 0.3) is 0 Å². The van der Waals surface area contributed by atoms with Crippen molar-refractivity contribution in [1.29, 1.82) is 5.26 Å². The summed E-state index contributed by atoms with van der Waals surface area (Å²) in [4.78, 5) is 26.3. The zero-order chi connectivity index (χ0) is 22.6. The number of esters is 1. The topological polar surface area (TPSA) is 114 Å². The van der Waals surface area contributed by atoms with Gasteiger partial charge in [0.2, 0.25) is 0 Å². The van der Waals surface area contributed by atoms with Crippen molar-refractivity contribution in [2.24, 2.45) is 11.1 Å². The summed E-state index contributed by atoms with van der Waals surface area (Å²) in [5, 5.41) is 12.5. The molecule has 0 bridgehead atoms. The van der Waals surface area contributed by atoms with Gasteiger partial charge in [-0.05, 0) is 36.5 Å². The van der Waals surface area contributed by atoms with Crippen LogP contribution in [0.1, 0.15) is 50.7 Å². The van der Waals surface area contributed by atoms with Crippen LogP contribution in [0, 0.1) is 16.7 Å². The van der Waals surface area contributed by atoms with Gasteiger partial charge in [0.25, 0.3) is 0 Å². The highest BCUT2D eigenvalue weighted by Crippen LogP contribution is 2.46. The largest absolute Gasteiger partial charge is 0.463 e. The van der Waals surface area contributed by atoms with Gasteiger partial charge in [0.15, 0.2) is 5.78 Å². The summed E-state index contributed by atoms with van der Waals surface area (Å²) in [5.41, 5.74) is 9.01. The number of allylic oxidation sites excluding steroid dienone is 2. The van der Waals surface area contributed by atoms with Crippen molar-refractivity contribution in [3.8, 4) is 6.07 Å². The monoisotopic (exact) mass is 423 g/mol. The molecule has 1 aromatic carbocycles. The first-order valence-corrected chi connectivity index (χ1v) is 10.5. The Balaban J connectivity index is 2.17. The van der Waals surface area contributed by atoms with Crippen LogP contribution in [-0.2, 0) is 19.1 Å². The lowest BCUT2D eigenvalue weighted by molar-refractivity contribution is -0.139. The molecular formula is C24H29N3O4. The van der Waals surface area contributed by atoms with Gasteiger partial charge in [-0.1, -0.05) is 26.0 Å². The van der Waals surface area contributed by atoms with Gasteiger partial charge in [-0.2, -0.15) is 5.26 Å². The number of carbonyl (C=O) groups is 2. The van der Waals surface area contributed by atoms with E-state index >= 15 is 0 Å². The molecule has 164 valence electrons. The number of nitrogens with one attached hydrogen (secondary N) is 1. The number of carbonyl (C=O) groups excluding carboxylic acids is 2. The van der Waals surface area contributed by atoms with Crippen LogP contribution in [-0.4, -0.2) is 38.1 Å². The molecule has 1 aromatic rings. The maximum absolute atomic E-state index is 13.3. The molecular weight excluding hydrogens is 394 g/mol. The number of ether oxygens (including phenoxy) is 2. The summed E-state index contributed by atoms with van der Waals surface area (Å²) in [5.74, 6) is -1.06. The average molecular weight is 424 g/mol. The molecule has 2 aliphatic rings. The van der Waals surface area contributed by atoms with E-state index in [2.05, 4.69) is 25.2 Å². The third-order valence-corrected chi connectivity index (χ3v) is 5.50. The van der Waals surface area contributed by atoms with Crippen LogP contribution < -0.4 is 11.1 Å². The Labute approximate surface area is 182 Å². The summed E-state index contributed by atoms with van der Waals surface area (Å²) in [6.07, 6.45) is 1.08. The van der Waals surface area contributed by atoms with Gasteiger partial charge in [0.05, 0.1) is 42.7 Å². The molecule has 3 rings (SSSR count). The standard InChI is InChI=1S/C24H29N3O4/c1-4-31-23(29)22-18(14-30-10-9-25)27-17-11-24(2,3)12-19(28)21(17)20(22)16-7-5-15(13-26)6-8-16/h5-8,20,27H,4,9-12,14,25H2,1-3H3. The fourth-order valence-electron chi connectivity index (χ4n) is 4.25. The summed E-state index contributed by atoms with van der Waals surface area (Å²) in [6.45, 7) is 6.94. The van der Waals surface area contributed by atoms with E-state index in [0.717, 1.165) is 11.3 Å². The zero-order valence-electron chi connectivity index (χ0n) is 18.3. The first kappa shape index (κ1) is 22.7. The number of benzene rings is 1. The van der Waals surface area contributed by atoms with Crippen molar-refractivity contribution in [1.82, 2.24) is 5.32 Å². The minimum atomic E-state index is -0.580. The highest BCUT2D eigenvalue weighted by molar-refractivity contribution is 6.04. The second kappa shape index (κ2) is 9.46. The molecule has 0 saturated heterocycles. The molecule has 1 atom stereocenters. The fraction of sp³-hybridized carbons (Fsp3) is 0.458. The van der Waals surface area contributed by atoms with Crippen LogP contribution in [0.3, 0.4) is 0 Å². The van der Waals surface area contributed by atoms with Crippen LogP contribution in [0.2, 0.25) is 0 Å². The van der Waals surface area contributed by atoms with Crippen molar-refractivity contribution >= 4 is 11.8 Å². The van der Waals surface area contributed by atoms with E-state index in [1.54, 1.807) is 31.2 Å². The molecule has 31 heavy (non-hydrogen) atoms. The Morgan fingerprint density at radius 1 is 1.29 bits per heavy atom. The number of rotatable bonds is 7. The number of nitrogens with zero attached hydrogens (tertiary/aromatic N) is 1. The fourth-order valence-corrected chi connectivity index (χ4v) is 4.25. The minimum absolute atomic E-state index is 0.0110. The summed E-state index contributed by atoms with van der Waals surface area (Å²) < 4.78 is 11.0. The molecule has 1 heterocycles. The van der Waals surface area contributed by atoms with E-state index in [4.69, 9.17) is 20.5 Å². The van der Waals surface area contributed by atoms with Crippen molar-refractivity contribution in [2.75, 3.05) is 26.4 Å². The van der Waals surface area contributed by atoms with Gasteiger partial charge in [-0.15, -0.1) is 0 Å². The van der Waals surface area contributed by atoms with Crippen LogP contribution in [0.5, 0.6) is 0 Å². The lowest BCUT2D eigenvalue weighted by Gasteiger charge is -2.40.